The van der Waals surface area contributed by atoms with E-state index in [1.807, 2.05) is 60.7 Å². The Bertz CT molecular complexity index is 588. The number of rotatable bonds is 3. The molecular weight excluding hydrogens is 302 g/mol. The van der Waals surface area contributed by atoms with Crippen LogP contribution in [-0.2, 0) is 4.79 Å². The number of nitrogens with one attached hydrogen (secondary N) is 1. The SMILES string of the molecule is C/C(=C\c1ccccc1)C(=O)Nc1ccc(Br)cc1. The van der Waals surface area contributed by atoms with Crippen LogP contribution in [0.15, 0.2) is 64.6 Å². The van der Waals surface area contributed by atoms with Gasteiger partial charge in [0.1, 0.15) is 0 Å². The van der Waals surface area contributed by atoms with E-state index in [4.69, 9.17) is 0 Å². The second-order valence-corrected chi connectivity index (χ2v) is 5.11. The van der Waals surface area contributed by atoms with Gasteiger partial charge in [-0.1, -0.05) is 46.3 Å². The maximum atomic E-state index is 12.0. The van der Waals surface area contributed by atoms with E-state index in [0.29, 0.717) is 5.57 Å². The van der Waals surface area contributed by atoms with Crippen molar-refractivity contribution in [1.82, 2.24) is 0 Å². The molecule has 96 valence electrons. The van der Waals surface area contributed by atoms with Crippen molar-refractivity contribution in [2.24, 2.45) is 0 Å². The Balaban J connectivity index is 2.07. The predicted molar refractivity (Wildman–Crippen MR) is 82.9 cm³/mol. The van der Waals surface area contributed by atoms with Crippen LogP contribution in [0.3, 0.4) is 0 Å². The number of hydrogen-bond acceptors (Lipinski definition) is 1. The summed E-state index contributed by atoms with van der Waals surface area (Å²) < 4.78 is 0.988. The molecule has 0 heterocycles. The molecule has 0 atom stereocenters. The molecule has 2 nitrogen and oxygen atoms in total. The van der Waals surface area contributed by atoms with Gasteiger partial charge in [-0.05, 0) is 42.8 Å². The molecule has 0 radical (unpaired) electrons. The first-order valence-electron chi connectivity index (χ1n) is 5.95. The number of amides is 1. The molecule has 0 fully saturated rings. The van der Waals surface area contributed by atoms with Gasteiger partial charge < -0.3 is 5.32 Å². The van der Waals surface area contributed by atoms with Gasteiger partial charge in [0.05, 0.1) is 0 Å². The fourth-order valence-corrected chi connectivity index (χ4v) is 1.89. The molecule has 2 aromatic carbocycles. The van der Waals surface area contributed by atoms with Gasteiger partial charge >= 0.3 is 0 Å². The molecule has 0 saturated carbocycles. The van der Waals surface area contributed by atoms with Gasteiger partial charge in [-0.25, -0.2) is 0 Å². The quantitative estimate of drug-likeness (QED) is 0.831. The zero-order chi connectivity index (χ0) is 13.7. The summed E-state index contributed by atoms with van der Waals surface area (Å²) in [5.41, 5.74) is 2.48. The lowest BCUT2D eigenvalue weighted by Crippen LogP contribution is -2.12. The summed E-state index contributed by atoms with van der Waals surface area (Å²) in [5.74, 6) is -0.0915. The summed E-state index contributed by atoms with van der Waals surface area (Å²) in [5, 5.41) is 2.86. The lowest BCUT2D eigenvalue weighted by molar-refractivity contribution is -0.112. The first kappa shape index (κ1) is 13.6. The Labute approximate surface area is 121 Å². The minimum Gasteiger partial charge on any atom is -0.322 e. The molecule has 0 spiro atoms. The van der Waals surface area contributed by atoms with Crippen LogP contribution in [0.4, 0.5) is 5.69 Å². The van der Waals surface area contributed by atoms with Crippen LogP contribution in [0.2, 0.25) is 0 Å². The third-order valence-electron chi connectivity index (χ3n) is 2.64. The molecular formula is C16H14BrNO. The molecule has 0 unspecified atom stereocenters. The smallest absolute Gasteiger partial charge is 0.251 e. The molecule has 3 heteroatoms. The number of hydrogen-bond donors (Lipinski definition) is 1. The highest BCUT2D eigenvalue weighted by atomic mass is 79.9. The molecule has 0 bridgehead atoms. The van der Waals surface area contributed by atoms with Crippen molar-refractivity contribution in [3.63, 3.8) is 0 Å². The molecule has 1 N–H and O–H groups in total. The second kappa shape index (κ2) is 6.34. The van der Waals surface area contributed by atoms with Gasteiger partial charge in [0.15, 0.2) is 0 Å². The van der Waals surface area contributed by atoms with Crippen LogP contribution in [-0.4, -0.2) is 5.91 Å². The van der Waals surface area contributed by atoms with Crippen molar-refractivity contribution in [1.29, 1.82) is 0 Å². The van der Waals surface area contributed by atoms with Crippen molar-refractivity contribution in [3.8, 4) is 0 Å². The van der Waals surface area contributed by atoms with Gasteiger partial charge in [-0.3, -0.25) is 4.79 Å². The van der Waals surface area contributed by atoms with Gasteiger partial charge in [0.2, 0.25) is 0 Å². The zero-order valence-electron chi connectivity index (χ0n) is 10.6. The maximum absolute atomic E-state index is 12.0. The van der Waals surface area contributed by atoms with Crippen LogP contribution in [0.5, 0.6) is 0 Å². The number of anilines is 1. The maximum Gasteiger partial charge on any atom is 0.251 e. The lowest BCUT2D eigenvalue weighted by atomic mass is 10.1. The summed E-state index contributed by atoms with van der Waals surface area (Å²) in [7, 11) is 0. The first-order chi connectivity index (χ1) is 9.15. The van der Waals surface area contributed by atoms with E-state index in [1.54, 1.807) is 6.92 Å². The normalized spacial score (nSPS) is 11.2. The monoisotopic (exact) mass is 315 g/mol. The molecule has 1 amide bonds. The standard InChI is InChI=1S/C16H14BrNO/c1-12(11-13-5-3-2-4-6-13)16(19)18-15-9-7-14(17)8-10-15/h2-11H,1H3,(H,18,19)/b12-11+. The zero-order valence-corrected chi connectivity index (χ0v) is 12.1. The molecule has 2 rings (SSSR count). The highest BCUT2D eigenvalue weighted by molar-refractivity contribution is 9.10. The summed E-state index contributed by atoms with van der Waals surface area (Å²) in [4.78, 5) is 12.0. The van der Waals surface area contributed by atoms with E-state index in [1.165, 1.54) is 0 Å². The average Bonchev–Trinajstić information content (AvgIpc) is 2.42. The summed E-state index contributed by atoms with van der Waals surface area (Å²) >= 11 is 3.36. The molecule has 0 aliphatic carbocycles. The van der Waals surface area contributed by atoms with Crippen LogP contribution in [0.1, 0.15) is 12.5 Å². The topological polar surface area (TPSA) is 29.1 Å². The van der Waals surface area contributed by atoms with E-state index in [2.05, 4.69) is 21.2 Å². The van der Waals surface area contributed by atoms with Crippen LogP contribution in [0, 0.1) is 0 Å². The summed E-state index contributed by atoms with van der Waals surface area (Å²) in [6.45, 7) is 1.81. The summed E-state index contributed by atoms with van der Waals surface area (Å²) in [6, 6.07) is 17.3. The third-order valence-corrected chi connectivity index (χ3v) is 3.17. The van der Waals surface area contributed by atoms with Gasteiger partial charge in [0, 0.05) is 15.7 Å². The second-order valence-electron chi connectivity index (χ2n) is 4.20. The van der Waals surface area contributed by atoms with Crippen molar-refractivity contribution in [3.05, 3.63) is 70.2 Å². The molecule has 0 saturated heterocycles. The van der Waals surface area contributed by atoms with E-state index in [-0.39, 0.29) is 5.91 Å². The first-order valence-corrected chi connectivity index (χ1v) is 6.75. The van der Waals surface area contributed by atoms with Gasteiger partial charge in [-0.2, -0.15) is 0 Å². The Hall–Kier alpha value is -1.87. The minimum absolute atomic E-state index is 0.0915. The van der Waals surface area contributed by atoms with Gasteiger partial charge in [-0.15, -0.1) is 0 Å². The fraction of sp³-hybridized carbons (Fsp3) is 0.0625. The number of carbonyl (C=O) groups excluding carboxylic acids is 1. The Morgan fingerprint density at radius 3 is 2.32 bits per heavy atom. The highest BCUT2D eigenvalue weighted by Crippen LogP contribution is 2.15. The third kappa shape index (κ3) is 4.07. The average molecular weight is 316 g/mol. The predicted octanol–water partition coefficient (Wildman–Crippen LogP) is 4.49. The molecule has 0 aliphatic heterocycles. The van der Waals surface area contributed by atoms with Crippen LogP contribution < -0.4 is 5.32 Å². The Kier molecular flexibility index (Phi) is 4.53. The van der Waals surface area contributed by atoms with E-state index < -0.39 is 0 Å². The van der Waals surface area contributed by atoms with E-state index in [0.717, 1.165) is 15.7 Å². The van der Waals surface area contributed by atoms with Crippen LogP contribution >= 0.6 is 15.9 Å². The molecule has 0 aromatic heterocycles. The van der Waals surface area contributed by atoms with E-state index in [9.17, 15) is 4.79 Å². The highest BCUT2D eigenvalue weighted by Gasteiger charge is 2.04. The number of benzene rings is 2. The van der Waals surface area contributed by atoms with Gasteiger partial charge in [0.25, 0.3) is 5.91 Å². The molecule has 2 aromatic rings. The molecule has 0 aliphatic rings. The Morgan fingerprint density at radius 1 is 1.05 bits per heavy atom. The molecule has 19 heavy (non-hydrogen) atoms. The fourth-order valence-electron chi connectivity index (χ4n) is 1.63. The van der Waals surface area contributed by atoms with Crippen molar-refractivity contribution < 1.29 is 4.79 Å². The Morgan fingerprint density at radius 2 is 1.68 bits per heavy atom. The number of halogens is 1. The van der Waals surface area contributed by atoms with Crippen molar-refractivity contribution >= 4 is 33.6 Å². The number of carbonyl (C=O) groups is 1. The van der Waals surface area contributed by atoms with E-state index >= 15 is 0 Å². The van der Waals surface area contributed by atoms with Crippen LogP contribution in [0.25, 0.3) is 6.08 Å². The van der Waals surface area contributed by atoms with Crippen molar-refractivity contribution in [2.45, 2.75) is 6.92 Å². The minimum atomic E-state index is -0.0915. The lowest BCUT2D eigenvalue weighted by Gasteiger charge is -2.05. The largest absolute Gasteiger partial charge is 0.322 e. The summed E-state index contributed by atoms with van der Waals surface area (Å²) in [6.07, 6.45) is 1.87. The van der Waals surface area contributed by atoms with Crippen molar-refractivity contribution in [2.75, 3.05) is 5.32 Å².